The van der Waals surface area contributed by atoms with E-state index in [1.807, 2.05) is 0 Å². The van der Waals surface area contributed by atoms with Crippen LogP contribution in [0.25, 0.3) is 0 Å². The Morgan fingerprint density at radius 1 is 0.917 bits per heavy atom. The maximum Gasteiger partial charge on any atom is 0.410 e. The fourth-order valence-corrected chi connectivity index (χ4v) is 2.29. The van der Waals surface area contributed by atoms with Crippen molar-refractivity contribution in [2.45, 2.75) is 71.1 Å². The minimum Gasteiger partial charge on any atom is -0.464 e. The quantitative estimate of drug-likeness (QED) is 0.271. The number of esters is 1. The van der Waals surface area contributed by atoms with Crippen LogP contribution in [0.1, 0.15) is 71.1 Å². The van der Waals surface area contributed by atoms with Gasteiger partial charge in [0.15, 0.2) is 6.61 Å². The second-order valence-corrected chi connectivity index (χ2v) is 6.02. The summed E-state index contributed by atoms with van der Waals surface area (Å²) in [5, 5.41) is 0. The van der Waals surface area contributed by atoms with Crippen molar-refractivity contribution >= 4 is 12.1 Å². The number of terminal acetylenes is 1. The molecule has 1 amide bonds. The molecule has 0 aromatic carbocycles. The molecule has 0 aromatic heterocycles. The van der Waals surface area contributed by atoms with Crippen LogP contribution in [0.2, 0.25) is 0 Å². The molecule has 0 aliphatic rings. The first-order valence-electron chi connectivity index (χ1n) is 9.08. The first-order valence-corrected chi connectivity index (χ1v) is 9.08. The van der Waals surface area contributed by atoms with Crippen molar-refractivity contribution in [3.63, 3.8) is 0 Å². The number of hydrogen-bond donors (Lipinski definition) is 0. The van der Waals surface area contributed by atoms with Gasteiger partial charge < -0.3 is 14.4 Å². The van der Waals surface area contributed by atoms with Gasteiger partial charge in [-0.2, -0.15) is 0 Å². The summed E-state index contributed by atoms with van der Waals surface area (Å²) in [7, 11) is 1.47. The largest absolute Gasteiger partial charge is 0.464 e. The molecule has 0 aromatic rings. The zero-order valence-corrected chi connectivity index (χ0v) is 15.3. The van der Waals surface area contributed by atoms with Gasteiger partial charge in [-0.15, -0.1) is 6.42 Å². The van der Waals surface area contributed by atoms with Crippen LogP contribution in [0.3, 0.4) is 0 Å². The van der Waals surface area contributed by atoms with Gasteiger partial charge in [0.05, 0.1) is 6.61 Å². The smallest absolute Gasteiger partial charge is 0.410 e. The zero-order chi connectivity index (χ0) is 18.0. The van der Waals surface area contributed by atoms with Gasteiger partial charge in [0.25, 0.3) is 0 Å². The van der Waals surface area contributed by atoms with Crippen LogP contribution in [0.4, 0.5) is 4.79 Å². The van der Waals surface area contributed by atoms with Crippen LogP contribution in [-0.4, -0.2) is 43.8 Å². The number of hydrogen-bond acceptors (Lipinski definition) is 4. The van der Waals surface area contributed by atoms with E-state index in [-0.39, 0.29) is 13.2 Å². The molecular weight excluding hydrogens is 306 g/mol. The third-order valence-electron chi connectivity index (χ3n) is 3.72. The molecule has 0 unspecified atom stereocenters. The fourth-order valence-electron chi connectivity index (χ4n) is 2.29. The Balaban J connectivity index is 3.43. The van der Waals surface area contributed by atoms with E-state index in [9.17, 15) is 9.59 Å². The van der Waals surface area contributed by atoms with Crippen molar-refractivity contribution in [1.29, 1.82) is 0 Å². The molecule has 0 saturated carbocycles. The van der Waals surface area contributed by atoms with E-state index in [2.05, 4.69) is 12.8 Å². The van der Waals surface area contributed by atoms with E-state index in [1.54, 1.807) is 0 Å². The van der Waals surface area contributed by atoms with Gasteiger partial charge >= 0.3 is 12.1 Å². The van der Waals surface area contributed by atoms with E-state index in [0.717, 1.165) is 17.7 Å². The molecule has 0 aliphatic heterocycles. The number of ether oxygens (including phenoxy) is 2. The number of amides is 1. The van der Waals surface area contributed by atoms with Crippen molar-refractivity contribution in [1.82, 2.24) is 4.90 Å². The van der Waals surface area contributed by atoms with Crippen molar-refractivity contribution < 1.29 is 19.1 Å². The number of carbonyl (C=O) groups excluding carboxylic acids is 2. The van der Waals surface area contributed by atoms with E-state index in [0.29, 0.717) is 6.61 Å². The summed E-state index contributed by atoms with van der Waals surface area (Å²) in [6, 6.07) is 0. The van der Waals surface area contributed by atoms with Crippen molar-refractivity contribution in [3.05, 3.63) is 0 Å². The van der Waals surface area contributed by atoms with Crippen molar-refractivity contribution in [3.8, 4) is 12.3 Å². The molecule has 5 nitrogen and oxygen atoms in total. The van der Waals surface area contributed by atoms with Crippen LogP contribution in [0.5, 0.6) is 0 Å². The molecule has 0 saturated heterocycles. The standard InChI is InChI=1S/C19H33NO4/c1-4-6-7-8-9-10-11-12-13-14-16-23-18(21)17-20(3)19(22)24-15-5-2/h2H,4,6-17H2,1,3H3. The third kappa shape index (κ3) is 13.9. The first-order chi connectivity index (χ1) is 11.6. The lowest BCUT2D eigenvalue weighted by Gasteiger charge is -2.15. The third-order valence-corrected chi connectivity index (χ3v) is 3.72. The molecule has 0 atom stereocenters. The van der Waals surface area contributed by atoms with Crippen LogP contribution in [0.15, 0.2) is 0 Å². The van der Waals surface area contributed by atoms with E-state index in [4.69, 9.17) is 15.9 Å². The Labute approximate surface area is 147 Å². The molecule has 138 valence electrons. The summed E-state index contributed by atoms with van der Waals surface area (Å²) < 4.78 is 9.82. The number of likely N-dealkylation sites (N-methyl/N-ethyl adjacent to an activating group) is 1. The first kappa shape index (κ1) is 22.3. The number of carbonyl (C=O) groups is 2. The highest BCUT2D eigenvalue weighted by Gasteiger charge is 2.14. The molecule has 0 rings (SSSR count). The molecule has 0 N–H and O–H groups in total. The van der Waals surface area contributed by atoms with Crippen LogP contribution in [0, 0.1) is 12.3 Å². The monoisotopic (exact) mass is 339 g/mol. The topological polar surface area (TPSA) is 55.8 Å². The van der Waals surface area contributed by atoms with E-state index < -0.39 is 12.1 Å². The number of nitrogens with zero attached hydrogens (tertiary/aromatic N) is 1. The van der Waals surface area contributed by atoms with Crippen molar-refractivity contribution in [2.24, 2.45) is 0 Å². The van der Waals surface area contributed by atoms with Gasteiger partial charge in [0, 0.05) is 7.05 Å². The number of rotatable bonds is 14. The maximum atomic E-state index is 11.6. The summed E-state index contributed by atoms with van der Waals surface area (Å²) in [6.45, 7) is 2.41. The van der Waals surface area contributed by atoms with Crippen LogP contribution >= 0.6 is 0 Å². The molecular formula is C19H33NO4. The van der Waals surface area contributed by atoms with Crippen LogP contribution < -0.4 is 0 Å². The Bertz CT molecular complexity index is 376. The minimum absolute atomic E-state index is 0.100. The van der Waals surface area contributed by atoms with Gasteiger partial charge in [-0.1, -0.05) is 70.6 Å². The maximum absolute atomic E-state index is 11.6. The van der Waals surface area contributed by atoms with Gasteiger partial charge in [-0.25, -0.2) is 4.79 Å². The predicted octanol–water partition coefficient (Wildman–Crippen LogP) is 4.15. The Morgan fingerprint density at radius 3 is 2.00 bits per heavy atom. The van der Waals surface area contributed by atoms with Gasteiger partial charge in [0.1, 0.15) is 6.54 Å². The lowest BCUT2D eigenvalue weighted by molar-refractivity contribution is -0.144. The summed E-state index contributed by atoms with van der Waals surface area (Å²) in [5.74, 6) is 1.77. The SMILES string of the molecule is C#CCOC(=O)N(C)CC(=O)OCCCCCCCCCCCC. The van der Waals surface area contributed by atoms with E-state index >= 15 is 0 Å². The summed E-state index contributed by atoms with van der Waals surface area (Å²) in [6.07, 6.45) is 16.7. The number of unbranched alkanes of at least 4 members (excludes halogenated alkanes) is 9. The highest BCUT2D eigenvalue weighted by Crippen LogP contribution is 2.10. The van der Waals surface area contributed by atoms with E-state index in [1.165, 1.54) is 58.4 Å². The van der Waals surface area contributed by atoms with Crippen molar-refractivity contribution in [2.75, 3.05) is 26.8 Å². The highest BCUT2D eigenvalue weighted by atomic mass is 16.6. The van der Waals surface area contributed by atoms with Crippen LogP contribution in [-0.2, 0) is 14.3 Å². The van der Waals surface area contributed by atoms with Gasteiger partial charge in [-0.3, -0.25) is 4.79 Å². The van der Waals surface area contributed by atoms with Gasteiger partial charge in [-0.05, 0) is 6.42 Å². The highest BCUT2D eigenvalue weighted by molar-refractivity contribution is 5.77. The fraction of sp³-hybridized carbons (Fsp3) is 0.789. The zero-order valence-electron chi connectivity index (χ0n) is 15.3. The molecule has 0 aliphatic carbocycles. The normalized spacial score (nSPS) is 10.0. The summed E-state index contributed by atoms with van der Waals surface area (Å²) in [4.78, 5) is 24.1. The molecule has 0 heterocycles. The molecule has 0 radical (unpaired) electrons. The predicted molar refractivity (Wildman–Crippen MR) is 95.6 cm³/mol. The molecule has 24 heavy (non-hydrogen) atoms. The Morgan fingerprint density at radius 2 is 1.46 bits per heavy atom. The summed E-state index contributed by atoms with van der Waals surface area (Å²) >= 11 is 0. The summed E-state index contributed by atoms with van der Waals surface area (Å²) in [5.41, 5.74) is 0. The Kier molecular flexibility index (Phi) is 15.0. The van der Waals surface area contributed by atoms with Gasteiger partial charge in [0.2, 0.25) is 0 Å². The molecule has 5 heteroatoms. The average molecular weight is 339 g/mol. The minimum atomic E-state index is -0.621. The second-order valence-electron chi connectivity index (χ2n) is 6.02. The molecule has 0 bridgehead atoms. The average Bonchev–Trinajstić information content (AvgIpc) is 2.57. The lowest BCUT2D eigenvalue weighted by Crippen LogP contribution is -2.33. The molecule has 0 spiro atoms. The Hall–Kier alpha value is -1.70. The lowest BCUT2D eigenvalue weighted by atomic mass is 10.1. The molecule has 0 fully saturated rings. The second kappa shape index (κ2) is 16.2.